The molecule has 0 aromatic rings. The second kappa shape index (κ2) is 7.89. The predicted octanol–water partition coefficient (Wildman–Crippen LogP) is 1.40. The van der Waals surface area contributed by atoms with Crippen LogP contribution in [0.2, 0.25) is 0 Å². The molecule has 7 heteroatoms. The molecule has 0 radical (unpaired) electrons. The highest BCUT2D eigenvalue weighted by Crippen LogP contribution is 2.21. The van der Waals surface area contributed by atoms with Crippen molar-refractivity contribution in [1.82, 2.24) is 10.2 Å². The number of carboxylic acids is 1. The third-order valence-corrected chi connectivity index (χ3v) is 5.31. The molecule has 2 heterocycles. The Morgan fingerprint density at radius 2 is 2.14 bits per heavy atom. The minimum absolute atomic E-state index is 0.0199. The largest absolute Gasteiger partial charge is 0.481 e. The Balaban J connectivity index is 1.88. The first-order valence-corrected chi connectivity index (χ1v) is 8.68. The highest BCUT2D eigenvalue weighted by Gasteiger charge is 2.30. The van der Waals surface area contributed by atoms with Crippen molar-refractivity contribution in [3.05, 3.63) is 0 Å². The molecule has 120 valence electrons. The van der Waals surface area contributed by atoms with E-state index in [0.717, 1.165) is 31.8 Å². The molecule has 0 bridgehead atoms. The van der Waals surface area contributed by atoms with Crippen molar-refractivity contribution in [3.8, 4) is 0 Å². The van der Waals surface area contributed by atoms with Crippen LogP contribution in [-0.4, -0.2) is 65.4 Å². The first-order chi connectivity index (χ1) is 10.1. The number of thioether (sulfide) groups is 1. The van der Waals surface area contributed by atoms with Crippen LogP contribution in [0.15, 0.2) is 0 Å². The molecule has 0 saturated carbocycles. The van der Waals surface area contributed by atoms with Gasteiger partial charge in [-0.25, -0.2) is 4.79 Å². The Bertz CT molecular complexity index is 374. The summed E-state index contributed by atoms with van der Waals surface area (Å²) in [5, 5.41) is 12.0. The van der Waals surface area contributed by atoms with E-state index in [1.54, 1.807) is 16.7 Å². The smallest absolute Gasteiger partial charge is 0.317 e. The van der Waals surface area contributed by atoms with Crippen molar-refractivity contribution in [1.29, 1.82) is 0 Å². The van der Waals surface area contributed by atoms with E-state index in [9.17, 15) is 9.59 Å². The van der Waals surface area contributed by atoms with Gasteiger partial charge in [0.25, 0.3) is 0 Å². The van der Waals surface area contributed by atoms with Gasteiger partial charge in [0.15, 0.2) is 0 Å². The first kappa shape index (κ1) is 16.4. The number of carbonyl (C=O) groups excluding carboxylic acids is 1. The van der Waals surface area contributed by atoms with Crippen LogP contribution >= 0.6 is 11.8 Å². The van der Waals surface area contributed by atoms with E-state index in [1.165, 1.54) is 0 Å². The van der Waals surface area contributed by atoms with Crippen LogP contribution in [0.3, 0.4) is 0 Å². The van der Waals surface area contributed by atoms with Crippen LogP contribution in [0.4, 0.5) is 4.79 Å². The van der Waals surface area contributed by atoms with E-state index in [4.69, 9.17) is 9.84 Å². The van der Waals surface area contributed by atoms with Crippen molar-refractivity contribution in [2.45, 2.75) is 38.3 Å². The lowest BCUT2D eigenvalue weighted by atomic mass is 9.93. The minimum Gasteiger partial charge on any atom is -0.481 e. The van der Waals surface area contributed by atoms with Gasteiger partial charge in [-0.1, -0.05) is 0 Å². The van der Waals surface area contributed by atoms with E-state index in [1.807, 2.05) is 6.92 Å². The average molecular weight is 316 g/mol. The lowest BCUT2D eigenvalue weighted by Crippen LogP contribution is -2.54. The molecule has 2 fully saturated rings. The Morgan fingerprint density at radius 1 is 1.43 bits per heavy atom. The molecule has 2 N–H and O–H groups in total. The molecule has 0 spiro atoms. The third kappa shape index (κ3) is 4.78. The average Bonchev–Trinajstić information content (AvgIpc) is 2.48. The number of amides is 2. The molecule has 21 heavy (non-hydrogen) atoms. The standard InChI is InChI=1S/C14H24N2O4S/c1-10(11-2-5-20-6-3-11)15-14(19)16-4-7-21-9-12(16)8-13(17)18/h10-12H,2-9H2,1H3,(H,15,19)(H,17,18). The van der Waals surface area contributed by atoms with Crippen LogP contribution in [-0.2, 0) is 9.53 Å². The summed E-state index contributed by atoms with van der Waals surface area (Å²) in [5.41, 5.74) is 0. The topological polar surface area (TPSA) is 78.9 Å². The zero-order valence-corrected chi connectivity index (χ0v) is 13.2. The van der Waals surface area contributed by atoms with Gasteiger partial charge in [-0.2, -0.15) is 11.8 Å². The fraction of sp³-hybridized carbons (Fsp3) is 0.857. The van der Waals surface area contributed by atoms with Crippen LogP contribution < -0.4 is 5.32 Å². The van der Waals surface area contributed by atoms with Crippen molar-refractivity contribution in [3.63, 3.8) is 0 Å². The third-order valence-electron chi connectivity index (χ3n) is 4.22. The predicted molar refractivity (Wildman–Crippen MR) is 81.6 cm³/mol. The second-order valence-electron chi connectivity index (χ2n) is 5.71. The zero-order chi connectivity index (χ0) is 15.2. The molecule has 2 aliphatic heterocycles. The Kier molecular flexibility index (Phi) is 6.17. The Morgan fingerprint density at radius 3 is 2.81 bits per heavy atom. The molecule has 0 aromatic carbocycles. The summed E-state index contributed by atoms with van der Waals surface area (Å²) in [6.07, 6.45) is 1.96. The lowest BCUT2D eigenvalue weighted by Gasteiger charge is -2.36. The molecular weight excluding hydrogens is 292 g/mol. The molecule has 2 unspecified atom stereocenters. The lowest BCUT2D eigenvalue weighted by molar-refractivity contribution is -0.138. The molecule has 2 atom stereocenters. The molecule has 6 nitrogen and oxygen atoms in total. The number of hydrogen-bond donors (Lipinski definition) is 2. The summed E-state index contributed by atoms with van der Waals surface area (Å²) < 4.78 is 5.34. The Labute approximate surface area is 129 Å². The number of carbonyl (C=O) groups is 2. The summed E-state index contributed by atoms with van der Waals surface area (Å²) in [5.74, 6) is 1.16. The van der Waals surface area contributed by atoms with Crippen LogP contribution in [0.1, 0.15) is 26.2 Å². The number of urea groups is 1. The van der Waals surface area contributed by atoms with Crippen molar-refractivity contribution in [2.24, 2.45) is 5.92 Å². The fourth-order valence-corrected chi connectivity index (χ4v) is 3.97. The van der Waals surface area contributed by atoms with Crippen LogP contribution in [0.5, 0.6) is 0 Å². The van der Waals surface area contributed by atoms with Gasteiger partial charge in [0, 0.05) is 37.3 Å². The molecule has 2 rings (SSSR count). The molecule has 0 aliphatic carbocycles. The van der Waals surface area contributed by atoms with Gasteiger partial charge in [0.2, 0.25) is 0 Å². The van der Waals surface area contributed by atoms with Crippen molar-refractivity contribution >= 4 is 23.8 Å². The van der Waals surface area contributed by atoms with Gasteiger partial charge in [-0.3, -0.25) is 4.79 Å². The van der Waals surface area contributed by atoms with Gasteiger partial charge in [-0.15, -0.1) is 0 Å². The van der Waals surface area contributed by atoms with Gasteiger partial charge < -0.3 is 20.1 Å². The van der Waals surface area contributed by atoms with Crippen LogP contribution in [0.25, 0.3) is 0 Å². The fourth-order valence-electron chi connectivity index (χ4n) is 2.90. The van der Waals surface area contributed by atoms with Gasteiger partial charge in [0.1, 0.15) is 0 Å². The zero-order valence-electron chi connectivity index (χ0n) is 12.4. The molecule has 2 saturated heterocycles. The summed E-state index contributed by atoms with van der Waals surface area (Å²) in [6, 6.07) is -0.231. The number of carboxylic acid groups (broad SMARTS) is 1. The van der Waals surface area contributed by atoms with E-state index in [2.05, 4.69) is 5.32 Å². The molecule has 0 aromatic heterocycles. The number of hydrogen-bond acceptors (Lipinski definition) is 4. The maximum atomic E-state index is 12.4. The highest BCUT2D eigenvalue weighted by molar-refractivity contribution is 7.99. The Hall–Kier alpha value is -0.950. The van der Waals surface area contributed by atoms with Crippen molar-refractivity contribution < 1.29 is 19.4 Å². The summed E-state index contributed by atoms with van der Waals surface area (Å²) in [6.45, 7) is 4.16. The SMILES string of the molecule is CC(NC(=O)N1CCSCC1CC(=O)O)C1CCOCC1. The normalized spacial score (nSPS) is 25.4. The van der Waals surface area contributed by atoms with E-state index >= 15 is 0 Å². The second-order valence-corrected chi connectivity index (χ2v) is 6.86. The van der Waals surface area contributed by atoms with E-state index in [0.29, 0.717) is 18.2 Å². The highest BCUT2D eigenvalue weighted by atomic mass is 32.2. The number of nitrogens with zero attached hydrogens (tertiary/aromatic N) is 1. The van der Waals surface area contributed by atoms with E-state index < -0.39 is 5.97 Å². The number of nitrogens with one attached hydrogen (secondary N) is 1. The summed E-state index contributed by atoms with van der Waals surface area (Å²) >= 11 is 1.71. The van der Waals surface area contributed by atoms with Crippen molar-refractivity contribution in [2.75, 3.05) is 31.3 Å². The van der Waals surface area contributed by atoms with Crippen LogP contribution in [0, 0.1) is 5.92 Å². The molecular formula is C14H24N2O4S. The summed E-state index contributed by atoms with van der Waals surface area (Å²) in [7, 11) is 0. The van der Waals surface area contributed by atoms with E-state index in [-0.39, 0.29) is 24.5 Å². The monoisotopic (exact) mass is 316 g/mol. The number of ether oxygens (including phenoxy) is 1. The first-order valence-electron chi connectivity index (χ1n) is 7.52. The van der Waals surface area contributed by atoms with Gasteiger partial charge >= 0.3 is 12.0 Å². The quantitative estimate of drug-likeness (QED) is 0.820. The summed E-state index contributed by atoms with van der Waals surface area (Å²) in [4.78, 5) is 25.0. The maximum absolute atomic E-state index is 12.4. The number of aliphatic carboxylic acids is 1. The number of rotatable bonds is 4. The molecule has 2 amide bonds. The van der Waals surface area contributed by atoms with Gasteiger partial charge in [0.05, 0.1) is 12.5 Å². The van der Waals surface area contributed by atoms with Gasteiger partial charge in [-0.05, 0) is 25.7 Å². The minimum atomic E-state index is -0.849. The maximum Gasteiger partial charge on any atom is 0.317 e. The molecule has 2 aliphatic rings.